The van der Waals surface area contributed by atoms with Gasteiger partial charge in [0.25, 0.3) is 0 Å². The molecule has 1 rings (SSSR count). The number of hydrogen-bond donors (Lipinski definition) is 1. The van der Waals surface area contributed by atoms with Crippen LogP contribution in [0.3, 0.4) is 0 Å². The fourth-order valence-electron chi connectivity index (χ4n) is 1.65. The average Bonchev–Trinajstić information content (AvgIpc) is 2.41. The number of benzene rings is 1. The quantitative estimate of drug-likeness (QED) is 0.671. The molecule has 108 valence electrons. The van der Waals surface area contributed by atoms with Crippen LogP contribution in [-0.4, -0.2) is 40.6 Å². The Balaban J connectivity index is 2.32. The van der Waals surface area contributed by atoms with Gasteiger partial charge in [-0.2, -0.15) is 0 Å². The zero-order valence-electron chi connectivity index (χ0n) is 11.6. The van der Waals surface area contributed by atoms with E-state index < -0.39 is 0 Å². The van der Waals surface area contributed by atoms with Crippen LogP contribution in [0.1, 0.15) is 12.0 Å². The Bertz CT molecular complexity index is 361. The molecule has 1 N–H and O–H groups in total. The molecule has 0 saturated heterocycles. The molecular weight excluding hydrogens is 266 g/mol. The number of hydrogen-bond acceptors (Lipinski definition) is 4. The van der Waals surface area contributed by atoms with Crippen molar-refractivity contribution in [2.75, 3.05) is 40.6 Å². The first-order chi connectivity index (χ1) is 9.29. The van der Waals surface area contributed by atoms with Gasteiger partial charge in [0.1, 0.15) is 12.4 Å². The average molecular weight is 288 g/mol. The van der Waals surface area contributed by atoms with Crippen molar-refractivity contribution in [1.82, 2.24) is 5.32 Å². The van der Waals surface area contributed by atoms with Crippen LogP contribution < -0.4 is 10.1 Å². The molecule has 1 aromatic rings. The molecule has 0 aromatic heterocycles. The van der Waals surface area contributed by atoms with Crippen molar-refractivity contribution in [2.24, 2.45) is 0 Å². The largest absolute Gasteiger partial charge is 0.489 e. The first kappa shape index (κ1) is 16.2. The fraction of sp³-hybridized carbons (Fsp3) is 0.571. The Hall–Kier alpha value is -0.810. The van der Waals surface area contributed by atoms with Gasteiger partial charge in [-0.15, -0.1) is 0 Å². The van der Waals surface area contributed by atoms with Gasteiger partial charge in [-0.1, -0.05) is 23.7 Å². The minimum absolute atomic E-state index is 0.493. The molecule has 0 aliphatic heterocycles. The fourth-order valence-corrected chi connectivity index (χ4v) is 1.90. The van der Waals surface area contributed by atoms with Gasteiger partial charge in [-0.25, -0.2) is 0 Å². The van der Waals surface area contributed by atoms with E-state index in [1.54, 1.807) is 7.11 Å². The highest BCUT2D eigenvalue weighted by atomic mass is 35.5. The molecule has 5 heteroatoms. The van der Waals surface area contributed by atoms with Gasteiger partial charge >= 0.3 is 0 Å². The van der Waals surface area contributed by atoms with E-state index in [1.807, 2.05) is 25.2 Å². The lowest BCUT2D eigenvalue weighted by atomic mass is 10.2. The van der Waals surface area contributed by atoms with Gasteiger partial charge in [-0.3, -0.25) is 0 Å². The van der Waals surface area contributed by atoms with Crippen LogP contribution in [0.2, 0.25) is 5.02 Å². The number of halogens is 1. The Labute approximate surface area is 120 Å². The van der Waals surface area contributed by atoms with Crippen LogP contribution in [0.5, 0.6) is 5.75 Å². The van der Waals surface area contributed by atoms with E-state index in [4.69, 9.17) is 25.8 Å². The molecule has 0 unspecified atom stereocenters. The first-order valence-corrected chi connectivity index (χ1v) is 6.79. The lowest BCUT2D eigenvalue weighted by Gasteiger charge is -2.13. The number of nitrogens with one attached hydrogen (secondary N) is 1. The van der Waals surface area contributed by atoms with Gasteiger partial charge in [0.2, 0.25) is 0 Å². The van der Waals surface area contributed by atoms with Crippen LogP contribution in [0.25, 0.3) is 0 Å². The SMILES string of the molecule is CNCc1cccc(Cl)c1OCCOCCCOC. The molecule has 0 saturated carbocycles. The number of methoxy groups -OCH3 is 1. The maximum atomic E-state index is 6.14. The summed E-state index contributed by atoms with van der Waals surface area (Å²) >= 11 is 6.14. The summed E-state index contributed by atoms with van der Waals surface area (Å²) < 4.78 is 16.1. The predicted octanol–water partition coefficient (Wildman–Crippen LogP) is 2.49. The zero-order valence-corrected chi connectivity index (χ0v) is 12.3. The smallest absolute Gasteiger partial charge is 0.142 e. The number of para-hydroxylation sites is 1. The molecular formula is C14H22ClNO3. The van der Waals surface area contributed by atoms with Gasteiger partial charge < -0.3 is 19.5 Å². The summed E-state index contributed by atoms with van der Waals surface area (Å²) in [6.07, 6.45) is 0.896. The molecule has 0 radical (unpaired) electrons. The number of ether oxygens (including phenoxy) is 3. The van der Waals surface area contributed by atoms with Gasteiger partial charge in [-0.05, 0) is 19.5 Å². The second kappa shape index (κ2) is 10.0. The van der Waals surface area contributed by atoms with E-state index in [9.17, 15) is 0 Å². The normalized spacial score (nSPS) is 10.7. The van der Waals surface area contributed by atoms with Crippen LogP contribution in [0.15, 0.2) is 18.2 Å². The molecule has 0 bridgehead atoms. The van der Waals surface area contributed by atoms with E-state index in [1.165, 1.54) is 0 Å². The minimum atomic E-state index is 0.493. The van der Waals surface area contributed by atoms with Crippen molar-refractivity contribution in [3.8, 4) is 5.75 Å². The highest BCUT2D eigenvalue weighted by molar-refractivity contribution is 6.32. The molecule has 0 fully saturated rings. The molecule has 0 spiro atoms. The minimum Gasteiger partial charge on any atom is -0.489 e. The van der Waals surface area contributed by atoms with Crippen molar-refractivity contribution in [2.45, 2.75) is 13.0 Å². The molecule has 0 heterocycles. The third-order valence-corrected chi connectivity index (χ3v) is 2.82. The molecule has 19 heavy (non-hydrogen) atoms. The summed E-state index contributed by atoms with van der Waals surface area (Å²) in [4.78, 5) is 0. The maximum absolute atomic E-state index is 6.14. The van der Waals surface area contributed by atoms with Crippen LogP contribution in [0, 0.1) is 0 Å². The summed E-state index contributed by atoms with van der Waals surface area (Å²) in [6.45, 7) is 3.17. The topological polar surface area (TPSA) is 39.7 Å². The summed E-state index contributed by atoms with van der Waals surface area (Å²) in [5.41, 5.74) is 1.05. The van der Waals surface area contributed by atoms with Crippen molar-refractivity contribution in [3.63, 3.8) is 0 Å². The molecule has 4 nitrogen and oxygen atoms in total. The Morgan fingerprint density at radius 3 is 2.74 bits per heavy atom. The second-order valence-corrected chi connectivity index (χ2v) is 4.47. The summed E-state index contributed by atoms with van der Waals surface area (Å²) in [5, 5.41) is 3.72. The summed E-state index contributed by atoms with van der Waals surface area (Å²) in [6, 6.07) is 5.75. The molecule has 0 aliphatic carbocycles. The molecule has 0 atom stereocenters. The van der Waals surface area contributed by atoms with E-state index in [2.05, 4.69) is 5.32 Å². The Morgan fingerprint density at radius 1 is 1.16 bits per heavy atom. The van der Waals surface area contributed by atoms with Crippen LogP contribution in [-0.2, 0) is 16.0 Å². The lowest BCUT2D eigenvalue weighted by Crippen LogP contribution is -2.12. The van der Waals surface area contributed by atoms with Crippen LogP contribution >= 0.6 is 11.6 Å². The van der Waals surface area contributed by atoms with Crippen molar-refractivity contribution in [3.05, 3.63) is 28.8 Å². The predicted molar refractivity (Wildman–Crippen MR) is 77.0 cm³/mol. The molecule has 0 amide bonds. The van der Waals surface area contributed by atoms with Crippen molar-refractivity contribution in [1.29, 1.82) is 0 Å². The molecule has 1 aromatic carbocycles. The zero-order chi connectivity index (χ0) is 13.9. The third kappa shape index (κ3) is 6.25. The van der Waals surface area contributed by atoms with Crippen LogP contribution in [0.4, 0.5) is 0 Å². The van der Waals surface area contributed by atoms with E-state index in [0.29, 0.717) is 24.8 Å². The lowest BCUT2D eigenvalue weighted by molar-refractivity contribution is 0.0804. The Kier molecular flexibility index (Phi) is 8.58. The summed E-state index contributed by atoms with van der Waals surface area (Å²) in [5.74, 6) is 0.735. The maximum Gasteiger partial charge on any atom is 0.142 e. The van der Waals surface area contributed by atoms with Crippen molar-refractivity contribution < 1.29 is 14.2 Å². The monoisotopic (exact) mass is 287 g/mol. The third-order valence-electron chi connectivity index (χ3n) is 2.53. The number of rotatable bonds is 10. The van der Waals surface area contributed by atoms with Gasteiger partial charge in [0, 0.05) is 32.4 Å². The standard InChI is InChI=1S/C14H22ClNO3/c1-16-11-12-5-3-6-13(15)14(12)19-10-9-18-8-4-7-17-2/h3,5-6,16H,4,7-11H2,1-2H3. The van der Waals surface area contributed by atoms with E-state index in [-0.39, 0.29) is 0 Å². The highest BCUT2D eigenvalue weighted by Gasteiger charge is 2.07. The summed E-state index contributed by atoms with van der Waals surface area (Å²) in [7, 11) is 3.58. The van der Waals surface area contributed by atoms with Gasteiger partial charge in [0.15, 0.2) is 0 Å². The Morgan fingerprint density at radius 2 is 2.00 bits per heavy atom. The highest BCUT2D eigenvalue weighted by Crippen LogP contribution is 2.28. The second-order valence-electron chi connectivity index (χ2n) is 4.07. The van der Waals surface area contributed by atoms with Crippen molar-refractivity contribution >= 4 is 11.6 Å². The molecule has 0 aliphatic rings. The van der Waals surface area contributed by atoms with E-state index >= 15 is 0 Å². The van der Waals surface area contributed by atoms with E-state index in [0.717, 1.165) is 30.9 Å². The first-order valence-electron chi connectivity index (χ1n) is 6.41. The van der Waals surface area contributed by atoms with Gasteiger partial charge in [0.05, 0.1) is 11.6 Å².